The zero-order valence-corrected chi connectivity index (χ0v) is 15.9. The number of nitrogens with one attached hydrogen (secondary N) is 1. The lowest BCUT2D eigenvalue weighted by Crippen LogP contribution is -2.23. The maximum absolute atomic E-state index is 11.0. The average molecular weight is 386 g/mol. The molecule has 5 aromatic rings. The Balaban J connectivity index is 1.57. The van der Waals surface area contributed by atoms with Crippen LogP contribution in [0.4, 0.5) is 0 Å². The summed E-state index contributed by atoms with van der Waals surface area (Å²) in [5, 5.41) is 24.3. The largest absolute Gasteiger partial charge is 0.417 e. The average Bonchev–Trinajstić information content (AvgIpc) is 3.47. The molecule has 1 atom stereocenters. The molecular weight excluding hydrogens is 368 g/mol. The van der Waals surface area contributed by atoms with Crippen molar-refractivity contribution in [1.29, 1.82) is 0 Å². The molecule has 1 aromatic carbocycles. The number of aliphatic hydroxyl groups is 1. The first kappa shape index (κ1) is 17.3. The maximum Gasteiger partial charge on any atom is 0.252 e. The fourth-order valence-electron chi connectivity index (χ4n) is 3.32. The van der Waals surface area contributed by atoms with E-state index in [0.29, 0.717) is 17.1 Å². The van der Waals surface area contributed by atoms with Gasteiger partial charge in [-0.1, -0.05) is 30.3 Å². The van der Waals surface area contributed by atoms with Crippen LogP contribution in [0.15, 0.2) is 65.6 Å². The Kier molecular flexibility index (Phi) is 3.82. The first-order chi connectivity index (χ1) is 14.0. The summed E-state index contributed by atoms with van der Waals surface area (Å²) in [6.45, 7) is 1.64. The monoisotopic (exact) mass is 386 g/mol. The van der Waals surface area contributed by atoms with Crippen LogP contribution in [0.25, 0.3) is 33.6 Å². The number of benzene rings is 1. The molecule has 0 saturated carbocycles. The van der Waals surface area contributed by atoms with Gasteiger partial charge in [-0.25, -0.2) is 4.98 Å². The molecule has 0 aliphatic carbocycles. The van der Waals surface area contributed by atoms with Crippen molar-refractivity contribution < 1.29 is 9.52 Å². The van der Waals surface area contributed by atoms with Crippen LogP contribution in [-0.4, -0.2) is 35.1 Å². The van der Waals surface area contributed by atoms with Gasteiger partial charge in [0, 0.05) is 42.2 Å². The number of H-pyrrole nitrogens is 1. The highest BCUT2D eigenvalue weighted by molar-refractivity contribution is 5.93. The third-order valence-electron chi connectivity index (χ3n) is 4.98. The van der Waals surface area contributed by atoms with E-state index in [9.17, 15) is 5.11 Å². The lowest BCUT2D eigenvalue weighted by Gasteiger charge is -2.18. The van der Waals surface area contributed by atoms with E-state index in [2.05, 4.69) is 25.3 Å². The summed E-state index contributed by atoms with van der Waals surface area (Å²) in [5.74, 6) is 0.442. The molecule has 0 saturated heterocycles. The van der Waals surface area contributed by atoms with E-state index in [1.54, 1.807) is 30.2 Å². The van der Waals surface area contributed by atoms with Gasteiger partial charge in [-0.2, -0.15) is 5.10 Å². The predicted molar refractivity (Wildman–Crippen MR) is 107 cm³/mol. The number of nitrogens with zero attached hydrogens (tertiary/aromatic N) is 5. The Morgan fingerprint density at radius 1 is 1.10 bits per heavy atom. The van der Waals surface area contributed by atoms with Gasteiger partial charge in [-0.05, 0) is 18.6 Å². The van der Waals surface area contributed by atoms with Crippen LogP contribution in [0.1, 0.15) is 18.4 Å². The van der Waals surface area contributed by atoms with Crippen molar-refractivity contribution in [3.8, 4) is 22.6 Å². The van der Waals surface area contributed by atoms with E-state index < -0.39 is 5.60 Å². The molecule has 4 heterocycles. The van der Waals surface area contributed by atoms with E-state index in [0.717, 1.165) is 22.1 Å². The fraction of sp³-hybridized carbons (Fsp3) is 0.143. The Hall–Kier alpha value is -3.78. The Morgan fingerprint density at radius 3 is 2.69 bits per heavy atom. The Morgan fingerprint density at radius 2 is 1.93 bits per heavy atom. The highest BCUT2D eigenvalue weighted by Crippen LogP contribution is 2.33. The van der Waals surface area contributed by atoms with E-state index in [1.807, 2.05) is 49.6 Å². The summed E-state index contributed by atoms with van der Waals surface area (Å²) in [4.78, 5) is 7.61. The molecule has 2 N–H and O–H groups in total. The van der Waals surface area contributed by atoms with Gasteiger partial charge in [0.25, 0.3) is 5.89 Å². The van der Waals surface area contributed by atoms with Crippen molar-refractivity contribution in [2.75, 3.05) is 0 Å². The number of hydrogen-bond donors (Lipinski definition) is 2. The summed E-state index contributed by atoms with van der Waals surface area (Å²) in [6.07, 6.45) is 7.28. The smallest absolute Gasteiger partial charge is 0.252 e. The number of aromatic amines is 1. The molecule has 0 amide bonds. The first-order valence-corrected chi connectivity index (χ1v) is 9.11. The number of rotatable bonds is 4. The molecule has 144 valence electrons. The number of aromatic nitrogens is 6. The summed E-state index contributed by atoms with van der Waals surface area (Å²) in [7, 11) is 1.87. The van der Waals surface area contributed by atoms with Gasteiger partial charge in [0.2, 0.25) is 5.89 Å². The summed E-state index contributed by atoms with van der Waals surface area (Å²) in [5.41, 5.74) is 2.62. The Labute approximate surface area is 165 Å². The highest BCUT2D eigenvalue weighted by Gasteiger charge is 2.32. The molecule has 8 heteroatoms. The molecule has 0 bridgehead atoms. The topological polar surface area (TPSA) is 106 Å². The maximum atomic E-state index is 11.0. The van der Waals surface area contributed by atoms with Crippen LogP contribution in [0.5, 0.6) is 0 Å². The second kappa shape index (κ2) is 6.39. The molecule has 0 aliphatic rings. The van der Waals surface area contributed by atoms with Gasteiger partial charge in [0.05, 0.1) is 11.8 Å². The second-order valence-corrected chi connectivity index (χ2v) is 7.08. The molecule has 1 unspecified atom stereocenters. The minimum absolute atomic E-state index is 0.129. The van der Waals surface area contributed by atoms with Crippen LogP contribution in [-0.2, 0) is 12.6 Å². The van der Waals surface area contributed by atoms with Crippen LogP contribution < -0.4 is 0 Å². The van der Waals surface area contributed by atoms with Gasteiger partial charge >= 0.3 is 0 Å². The van der Waals surface area contributed by atoms with Crippen LogP contribution >= 0.6 is 0 Å². The standard InChI is InChI=1S/C21H18N6O2/c1-21(28,15-6-4-3-5-7-15)20-26-25-19(29-20)17-11-23-18-16(17)8-13(9-22-18)14-10-24-27(2)12-14/h3-12,28H,1-2H3,(H,22,23). The second-order valence-electron chi connectivity index (χ2n) is 7.08. The van der Waals surface area contributed by atoms with Crippen molar-refractivity contribution in [2.24, 2.45) is 7.05 Å². The highest BCUT2D eigenvalue weighted by atomic mass is 16.4. The summed E-state index contributed by atoms with van der Waals surface area (Å²) < 4.78 is 7.61. The van der Waals surface area contributed by atoms with E-state index >= 15 is 0 Å². The normalized spacial score (nSPS) is 13.6. The molecule has 5 rings (SSSR count). The van der Waals surface area contributed by atoms with Gasteiger partial charge < -0.3 is 14.5 Å². The minimum atomic E-state index is -1.39. The van der Waals surface area contributed by atoms with Crippen molar-refractivity contribution in [3.63, 3.8) is 0 Å². The molecule has 29 heavy (non-hydrogen) atoms. The predicted octanol–water partition coefficient (Wildman–Crippen LogP) is 3.27. The lowest BCUT2D eigenvalue weighted by molar-refractivity contribution is 0.0713. The van der Waals surface area contributed by atoms with Crippen LogP contribution in [0.2, 0.25) is 0 Å². The molecule has 0 spiro atoms. The molecular formula is C21H18N6O2. The number of aryl methyl sites for hydroxylation is 1. The number of pyridine rings is 1. The van der Waals surface area contributed by atoms with Crippen molar-refractivity contribution in [3.05, 3.63) is 72.6 Å². The van der Waals surface area contributed by atoms with Crippen molar-refractivity contribution >= 4 is 11.0 Å². The van der Waals surface area contributed by atoms with Crippen LogP contribution in [0.3, 0.4) is 0 Å². The van der Waals surface area contributed by atoms with Crippen LogP contribution in [0, 0.1) is 0 Å². The molecule has 4 aromatic heterocycles. The summed E-state index contributed by atoms with van der Waals surface area (Å²) >= 11 is 0. The summed E-state index contributed by atoms with van der Waals surface area (Å²) in [6, 6.07) is 11.2. The molecule has 0 fully saturated rings. The quantitative estimate of drug-likeness (QED) is 0.491. The van der Waals surface area contributed by atoms with E-state index in [1.165, 1.54) is 0 Å². The SMILES string of the molecule is Cn1cc(-c2cnc3[nH]cc(-c4nnc(C(C)(O)c5ccccc5)o4)c3c2)cn1. The van der Waals surface area contributed by atoms with E-state index in [4.69, 9.17) is 4.42 Å². The Bertz CT molecular complexity index is 1300. The molecule has 8 nitrogen and oxygen atoms in total. The van der Waals surface area contributed by atoms with Crippen molar-refractivity contribution in [2.45, 2.75) is 12.5 Å². The molecule has 0 aliphatic heterocycles. The molecule has 0 radical (unpaired) electrons. The van der Waals surface area contributed by atoms with Gasteiger partial charge in [0.15, 0.2) is 5.60 Å². The zero-order valence-electron chi connectivity index (χ0n) is 15.9. The van der Waals surface area contributed by atoms with Gasteiger partial charge in [-0.3, -0.25) is 4.68 Å². The fourth-order valence-corrected chi connectivity index (χ4v) is 3.32. The minimum Gasteiger partial charge on any atom is -0.417 e. The van der Waals surface area contributed by atoms with Gasteiger partial charge in [0.1, 0.15) is 5.65 Å². The first-order valence-electron chi connectivity index (χ1n) is 9.11. The third-order valence-corrected chi connectivity index (χ3v) is 4.98. The third kappa shape index (κ3) is 2.90. The zero-order chi connectivity index (χ0) is 20.0. The van der Waals surface area contributed by atoms with E-state index in [-0.39, 0.29) is 5.89 Å². The number of hydrogen-bond acceptors (Lipinski definition) is 6. The van der Waals surface area contributed by atoms with Gasteiger partial charge in [-0.15, -0.1) is 10.2 Å². The number of fused-ring (bicyclic) bond motifs is 1. The lowest BCUT2D eigenvalue weighted by atomic mass is 9.96. The van der Waals surface area contributed by atoms with Crippen molar-refractivity contribution in [1.82, 2.24) is 29.9 Å².